The lowest BCUT2D eigenvalue weighted by Gasteiger charge is -2.13. The standard InChI is InChI=1S/C5H12N2O2S.C4H9NO3/c6-1-2-10-3-4(7)5(8)9;1-4(5,2-6)3(7)8/h4H,1-3,6-7H2,(H,8,9);6H,2,5H2,1H3,(H,7,8). The van der Waals surface area contributed by atoms with E-state index in [1.54, 1.807) is 0 Å². The number of aliphatic hydroxyl groups is 1. The highest BCUT2D eigenvalue weighted by atomic mass is 32.2. The van der Waals surface area contributed by atoms with Gasteiger partial charge in [0.25, 0.3) is 0 Å². The van der Waals surface area contributed by atoms with E-state index in [1.807, 2.05) is 0 Å². The maximum atomic E-state index is 10.1. The number of rotatable bonds is 7. The number of carboxylic acid groups (broad SMARTS) is 2. The van der Waals surface area contributed by atoms with E-state index in [9.17, 15) is 9.59 Å². The van der Waals surface area contributed by atoms with Crippen LogP contribution in [-0.2, 0) is 9.59 Å². The number of nitrogens with two attached hydrogens (primary N) is 3. The number of aliphatic hydroxyl groups excluding tert-OH is 1. The van der Waals surface area contributed by atoms with Gasteiger partial charge in [-0.1, -0.05) is 0 Å². The van der Waals surface area contributed by atoms with Gasteiger partial charge in [0.05, 0.1) is 6.61 Å². The molecule has 18 heavy (non-hydrogen) atoms. The molecule has 0 saturated heterocycles. The summed E-state index contributed by atoms with van der Waals surface area (Å²) >= 11 is 1.46. The molecule has 0 aliphatic rings. The minimum absolute atomic E-state index is 0.437. The second-order valence-electron chi connectivity index (χ2n) is 3.69. The Morgan fingerprint density at radius 1 is 1.39 bits per heavy atom. The van der Waals surface area contributed by atoms with Gasteiger partial charge in [-0.25, -0.2) is 0 Å². The number of thioether (sulfide) groups is 1. The van der Waals surface area contributed by atoms with Crippen molar-refractivity contribution in [1.82, 2.24) is 0 Å². The van der Waals surface area contributed by atoms with E-state index >= 15 is 0 Å². The smallest absolute Gasteiger partial charge is 0.325 e. The van der Waals surface area contributed by atoms with Crippen LogP contribution in [0.15, 0.2) is 0 Å². The third kappa shape index (κ3) is 10.3. The van der Waals surface area contributed by atoms with Crippen molar-refractivity contribution in [3.63, 3.8) is 0 Å². The summed E-state index contributed by atoms with van der Waals surface area (Å²) in [4.78, 5) is 20.1. The summed E-state index contributed by atoms with van der Waals surface area (Å²) < 4.78 is 0. The van der Waals surface area contributed by atoms with Crippen molar-refractivity contribution in [2.75, 3.05) is 24.7 Å². The van der Waals surface area contributed by atoms with Gasteiger partial charge < -0.3 is 32.5 Å². The van der Waals surface area contributed by atoms with Gasteiger partial charge >= 0.3 is 11.9 Å². The molecule has 2 atom stereocenters. The van der Waals surface area contributed by atoms with Crippen LogP contribution in [0, 0.1) is 0 Å². The predicted molar refractivity (Wildman–Crippen MR) is 69.3 cm³/mol. The highest BCUT2D eigenvalue weighted by molar-refractivity contribution is 7.99. The first-order chi connectivity index (χ1) is 8.18. The summed E-state index contributed by atoms with van der Waals surface area (Å²) in [7, 11) is 0. The van der Waals surface area contributed by atoms with Gasteiger partial charge in [-0.3, -0.25) is 9.59 Å². The second kappa shape index (κ2) is 10.1. The van der Waals surface area contributed by atoms with Gasteiger partial charge in [-0.15, -0.1) is 0 Å². The van der Waals surface area contributed by atoms with E-state index in [-0.39, 0.29) is 0 Å². The Hall–Kier alpha value is -0.870. The lowest BCUT2D eigenvalue weighted by molar-refractivity contribution is -0.144. The van der Waals surface area contributed by atoms with E-state index in [2.05, 4.69) is 0 Å². The molecule has 0 amide bonds. The summed E-state index contributed by atoms with van der Waals surface area (Å²) in [5.41, 5.74) is 13.9. The van der Waals surface area contributed by atoms with Crippen molar-refractivity contribution < 1.29 is 24.9 Å². The van der Waals surface area contributed by atoms with Crippen LogP contribution in [0.4, 0.5) is 0 Å². The highest BCUT2D eigenvalue weighted by Crippen LogP contribution is 1.99. The van der Waals surface area contributed by atoms with Crippen LogP contribution < -0.4 is 17.2 Å². The third-order valence-corrected chi connectivity index (χ3v) is 2.81. The Kier molecular flexibility index (Phi) is 10.9. The van der Waals surface area contributed by atoms with Gasteiger partial charge in [0, 0.05) is 18.1 Å². The van der Waals surface area contributed by atoms with Crippen molar-refractivity contribution in [2.45, 2.75) is 18.5 Å². The van der Waals surface area contributed by atoms with E-state index in [0.717, 1.165) is 5.75 Å². The molecule has 0 radical (unpaired) electrons. The van der Waals surface area contributed by atoms with E-state index < -0.39 is 30.1 Å². The van der Waals surface area contributed by atoms with Crippen molar-refractivity contribution in [3.05, 3.63) is 0 Å². The molecular weight excluding hydrogens is 262 g/mol. The van der Waals surface area contributed by atoms with Crippen LogP contribution in [-0.4, -0.2) is 63.5 Å². The summed E-state index contributed by atoms with van der Waals surface area (Å²) in [5, 5.41) is 24.7. The zero-order chi connectivity index (χ0) is 14.8. The first kappa shape index (κ1) is 19.5. The number of hydrogen-bond donors (Lipinski definition) is 6. The molecule has 0 spiro atoms. The molecular formula is C9H21N3O5S. The maximum Gasteiger partial charge on any atom is 0.325 e. The van der Waals surface area contributed by atoms with Crippen molar-refractivity contribution >= 4 is 23.7 Å². The predicted octanol–water partition coefficient (Wildman–Crippen LogP) is -2.13. The molecule has 0 saturated carbocycles. The largest absolute Gasteiger partial charge is 0.480 e. The van der Waals surface area contributed by atoms with Crippen molar-refractivity contribution in [1.29, 1.82) is 0 Å². The molecule has 0 aromatic heterocycles. The number of carboxylic acids is 2. The van der Waals surface area contributed by atoms with Gasteiger partial charge in [0.2, 0.25) is 0 Å². The summed E-state index contributed by atoms with van der Waals surface area (Å²) in [6.45, 7) is 1.27. The molecule has 0 rings (SSSR count). The van der Waals surface area contributed by atoms with Crippen molar-refractivity contribution in [3.8, 4) is 0 Å². The second-order valence-corrected chi connectivity index (χ2v) is 4.84. The van der Waals surface area contributed by atoms with Crippen molar-refractivity contribution in [2.24, 2.45) is 17.2 Å². The molecule has 9 N–H and O–H groups in total. The fourth-order valence-corrected chi connectivity index (χ4v) is 1.16. The molecule has 2 unspecified atom stereocenters. The van der Waals surface area contributed by atoms with E-state index in [4.69, 9.17) is 32.5 Å². The van der Waals surface area contributed by atoms with Crippen LogP contribution in [0.3, 0.4) is 0 Å². The Labute approximate surface area is 110 Å². The van der Waals surface area contributed by atoms with Crippen LogP contribution in [0.1, 0.15) is 6.92 Å². The number of carbonyl (C=O) groups is 2. The summed E-state index contributed by atoms with van der Waals surface area (Å²) in [6, 6.07) is -0.753. The van der Waals surface area contributed by atoms with E-state index in [0.29, 0.717) is 12.3 Å². The SMILES string of the molecule is CC(N)(CO)C(=O)O.NCCSCC(N)C(=O)O. The fraction of sp³-hybridized carbons (Fsp3) is 0.778. The Morgan fingerprint density at radius 3 is 2.11 bits per heavy atom. The average Bonchev–Trinajstić information content (AvgIpc) is 2.29. The Balaban J connectivity index is 0. The quantitative estimate of drug-likeness (QED) is 0.285. The first-order valence-electron chi connectivity index (χ1n) is 5.08. The van der Waals surface area contributed by atoms with Gasteiger partial charge in [-0.2, -0.15) is 11.8 Å². The third-order valence-electron chi connectivity index (χ3n) is 1.69. The van der Waals surface area contributed by atoms with Gasteiger partial charge in [0.15, 0.2) is 0 Å². The van der Waals surface area contributed by atoms with Crippen LogP contribution in [0.25, 0.3) is 0 Å². The van der Waals surface area contributed by atoms with E-state index in [1.165, 1.54) is 18.7 Å². The molecule has 8 nitrogen and oxygen atoms in total. The molecule has 0 aliphatic heterocycles. The maximum absolute atomic E-state index is 10.1. The molecule has 0 aromatic carbocycles. The molecule has 108 valence electrons. The highest BCUT2D eigenvalue weighted by Gasteiger charge is 2.26. The zero-order valence-electron chi connectivity index (χ0n) is 10.2. The summed E-state index contributed by atoms with van der Waals surface area (Å²) in [6.07, 6.45) is 0. The molecule has 0 aliphatic carbocycles. The lowest BCUT2D eigenvalue weighted by Crippen LogP contribution is -2.48. The fourth-order valence-electron chi connectivity index (χ4n) is 0.433. The van der Waals surface area contributed by atoms with Crippen LogP contribution in [0.5, 0.6) is 0 Å². The number of aliphatic carboxylic acids is 2. The molecule has 9 heteroatoms. The van der Waals surface area contributed by atoms with Gasteiger partial charge in [0.1, 0.15) is 11.6 Å². The minimum Gasteiger partial charge on any atom is -0.480 e. The molecule has 0 fully saturated rings. The number of hydrogen-bond acceptors (Lipinski definition) is 7. The Bertz CT molecular complexity index is 263. The molecule has 0 heterocycles. The normalized spacial score (nSPS) is 14.9. The molecule has 0 aromatic rings. The topological polar surface area (TPSA) is 173 Å². The summed E-state index contributed by atoms with van der Waals surface area (Å²) in [5.74, 6) is -0.947. The minimum atomic E-state index is -1.49. The Morgan fingerprint density at radius 2 is 1.89 bits per heavy atom. The van der Waals surface area contributed by atoms with Gasteiger partial charge in [-0.05, 0) is 6.92 Å². The lowest BCUT2D eigenvalue weighted by atomic mass is 10.1. The van der Waals surface area contributed by atoms with Crippen LogP contribution in [0.2, 0.25) is 0 Å². The monoisotopic (exact) mass is 283 g/mol. The van der Waals surface area contributed by atoms with Crippen LogP contribution >= 0.6 is 11.8 Å². The zero-order valence-corrected chi connectivity index (χ0v) is 11.0. The average molecular weight is 283 g/mol. The molecule has 0 bridgehead atoms. The first-order valence-corrected chi connectivity index (χ1v) is 6.23.